The summed E-state index contributed by atoms with van der Waals surface area (Å²) < 4.78 is 32.4. The number of hydrogen-bond donors (Lipinski definition) is 2. The summed E-state index contributed by atoms with van der Waals surface area (Å²) in [6.07, 6.45) is 1.95. The van der Waals surface area contributed by atoms with E-state index in [9.17, 15) is 18.5 Å². The Bertz CT molecular complexity index is 671. The van der Waals surface area contributed by atoms with Crippen molar-refractivity contribution in [1.82, 2.24) is 10.0 Å². The van der Waals surface area contributed by atoms with Crippen molar-refractivity contribution >= 4 is 15.7 Å². The molecule has 9 heteroatoms. The van der Waals surface area contributed by atoms with Gasteiger partial charge in [-0.05, 0) is 50.9 Å². The van der Waals surface area contributed by atoms with E-state index in [2.05, 4.69) is 10.0 Å². The Balaban J connectivity index is 2.21. The zero-order valence-electron chi connectivity index (χ0n) is 13.1. The molecule has 2 rings (SSSR count). The quantitative estimate of drug-likeness (QED) is 0.594. The standard InChI is InChI=1S/C14H21N3O5S/c1-10(11-4-3-7-15-9-11)16-23(20,21)12-5-6-14(22-2)13(8-12)17(18)19/h5-6,8,10-11,15-16H,3-4,7,9H2,1-2H3. The van der Waals surface area contributed by atoms with Crippen LogP contribution in [0.1, 0.15) is 19.8 Å². The lowest BCUT2D eigenvalue weighted by molar-refractivity contribution is -0.386. The third kappa shape index (κ3) is 4.18. The second kappa shape index (κ2) is 7.24. The first kappa shape index (κ1) is 17.6. The lowest BCUT2D eigenvalue weighted by atomic mass is 9.94. The summed E-state index contributed by atoms with van der Waals surface area (Å²) in [6, 6.07) is 3.36. The van der Waals surface area contributed by atoms with Crippen LogP contribution >= 0.6 is 0 Å². The minimum atomic E-state index is -3.83. The van der Waals surface area contributed by atoms with Crippen molar-refractivity contribution in [3.8, 4) is 5.75 Å². The second-order valence-corrected chi connectivity index (χ2v) is 7.32. The fraction of sp³-hybridized carbons (Fsp3) is 0.571. The molecule has 1 heterocycles. The molecule has 128 valence electrons. The number of ether oxygens (including phenoxy) is 1. The van der Waals surface area contributed by atoms with Crippen molar-refractivity contribution in [1.29, 1.82) is 0 Å². The summed E-state index contributed by atoms with van der Waals surface area (Å²) in [4.78, 5) is 10.2. The highest BCUT2D eigenvalue weighted by Crippen LogP contribution is 2.29. The maximum absolute atomic E-state index is 12.5. The van der Waals surface area contributed by atoms with Gasteiger partial charge in [0.2, 0.25) is 10.0 Å². The first-order valence-electron chi connectivity index (χ1n) is 7.40. The first-order chi connectivity index (χ1) is 10.8. The summed E-state index contributed by atoms with van der Waals surface area (Å²) in [7, 11) is -2.53. The molecule has 8 nitrogen and oxygen atoms in total. The van der Waals surface area contributed by atoms with Crippen molar-refractivity contribution in [3.63, 3.8) is 0 Å². The van der Waals surface area contributed by atoms with Gasteiger partial charge < -0.3 is 10.1 Å². The Labute approximate surface area is 135 Å². The van der Waals surface area contributed by atoms with Gasteiger partial charge in [-0.15, -0.1) is 0 Å². The molecule has 0 spiro atoms. The summed E-state index contributed by atoms with van der Waals surface area (Å²) in [5, 5.41) is 14.3. The van der Waals surface area contributed by atoms with Gasteiger partial charge in [-0.3, -0.25) is 10.1 Å². The molecule has 1 fully saturated rings. The van der Waals surface area contributed by atoms with Crippen LogP contribution in [-0.2, 0) is 10.0 Å². The third-order valence-corrected chi connectivity index (χ3v) is 5.60. The maximum atomic E-state index is 12.5. The molecular formula is C14H21N3O5S. The molecule has 0 aromatic heterocycles. The molecular weight excluding hydrogens is 322 g/mol. The van der Waals surface area contributed by atoms with Gasteiger partial charge in [-0.1, -0.05) is 0 Å². The molecule has 23 heavy (non-hydrogen) atoms. The van der Waals surface area contributed by atoms with Crippen molar-refractivity contribution in [2.24, 2.45) is 5.92 Å². The highest BCUT2D eigenvalue weighted by atomic mass is 32.2. The molecule has 0 bridgehead atoms. The second-order valence-electron chi connectivity index (χ2n) is 5.61. The Hall–Kier alpha value is -1.71. The first-order valence-corrected chi connectivity index (χ1v) is 8.89. The van der Waals surface area contributed by atoms with Gasteiger partial charge in [-0.25, -0.2) is 13.1 Å². The van der Waals surface area contributed by atoms with Crippen LogP contribution in [0, 0.1) is 16.0 Å². The van der Waals surface area contributed by atoms with Gasteiger partial charge in [0.25, 0.3) is 0 Å². The number of piperidine rings is 1. The Morgan fingerprint density at radius 2 is 2.22 bits per heavy atom. The molecule has 0 radical (unpaired) electrons. The number of sulfonamides is 1. The number of hydrogen-bond acceptors (Lipinski definition) is 6. The number of rotatable bonds is 6. The van der Waals surface area contributed by atoms with Gasteiger partial charge >= 0.3 is 5.69 Å². The van der Waals surface area contributed by atoms with E-state index >= 15 is 0 Å². The third-order valence-electron chi connectivity index (χ3n) is 4.04. The summed E-state index contributed by atoms with van der Waals surface area (Å²) in [5.74, 6) is 0.227. The van der Waals surface area contributed by atoms with Crippen molar-refractivity contribution in [3.05, 3.63) is 28.3 Å². The molecule has 2 unspecified atom stereocenters. The Kier molecular flexibility index (Phi) is 5.55. The van der Waals surface area contributed by atoms with E-state index in [4.69, 9.17) is 4.74 Å². The van der Waals surface area contributed by atoms with Crippen molar-refractivity contribution in [2.45, 2.75) is 30.7 Å². The number of nitro benzene ring substituents is 1. The monoisotopic (exact) mass is 343 g/mol. The lowest BCUT2D eigenvalue weighted by Crippen LogP contribution is -2.44. The van der Waals surface area contributed by atoms with E-state index in [1.165, 1.54) is 19.2 Å². The number of benzene rings is 1. The molecule has 1 aliphatic heterocycles. The molecule has 2 atom stereocenters. The largest absolute Gasteiger partial charge is 0.490 e. The van der Waals surface area contributed by atoms with E-state index in [0.29, 0.717) is 0 Å². The van der Waals surface area contributed by atoms with Crippen LogP contribution in [0.25, 0.3) is 0 Å². The van der Waals surface area contributed by atoms with E-state index in [0.717, 1.165) is 32.0 Å². The van der Waals surface area contributed by atoms with Crippen LogP contribution in [0.3, 0.4) is 0 Å². The van der Waals surface area contributed by atoms with E-state index < -0.39 is 14.9 Å². The average Bonchev–Trinajstić information content (AvgIpc) is 2.54. The van der Waals surface area contributed by atoms with Gasteiger partial charge in [0, 0.05) is 12.1 Å². The molecule has 0 aliphatic carbocycles. The fourth-order valence-corrected chi connectivity index (χ4v) is 4.03. The fourth-order valence-electron chi connectivity index (χ4n) is 2.69. The number of nitrogens with zero attached hydrogens (tertiary/aromatic N) is 1. The molecule has 1 aromatic carbocycles. The predicted octanol–water partition coefficient (Wildman–Crippen LogP) is 1.27. The van der Waals surface area contributed by atoms with Crippen molar-refractivity contribution in [2.75, 3.05) is 20.2 Å². The van der Waals surface area contributed by atoms with E-state index in [1.807, 2.05) is 6.92 Å². The Morgan fingerprint density at radius 3 is 2.78 bits per heavy atom. The molecule has 1 aliphatic rings. The molecule has 2 N–H and O–H groups in total. The van der Waals surface area contributed by atoms with Gasteiger partial charge in [0.1, 0.15) is 0 Å². The molecule has 1 saturated heterocycles. The Morgan fingerprint density at radius 1 is 1.48 bits per heavy atom. The van der Waals surface area contributed by atoms with Gasteiger partial charge in [-0.2, -0.15) is 0 Å². The minimum Gasteiger partial charge on any atom is -0.490 e. The van der Waals surface area contributed by atoms with E-state index in [1.54, 1.807) is 0 Å². The molecule has 0 saturated carbocycles. The van der Waals surface area contributed by atoms with Crippen molar-refractivity contribution < 1.29 is 18.1 Å². The summed E-state index contributed by atoms with van der Waals surface area (Å²) >= 11 is 0. The van der Waals surface area contributed by atoms with E-state index in [-0.39, 0.29) is 28.3 Å². The topological polar surface area (TPSA) is 111 Å². The van der Waals surface area contributed by atoms with Crippen LogP contribution < -0.4 is 14.8 Å². The predicted molar refractivity (Wildman–Crippen MR) is 85.0 cm³/mol. The van der Waals surface area contributed by atoms with Gasteiger partial charge in [0.15, 0.2) is 5.75 Å². The number of methoxy groups -OCH3 is 1. The zero-order valence-corrected chi connectivity index (χ0v) is 13.9. The van der Waals surface area contributed by atoms with Crippen LogP contribution in [-0.4, -0.2) is 39.6 Å². The highest BCUT2D eigenvalue weighted by Gasteiger charge is 2.27. The molecule has 0 amide bonds. The normalized spacial score (nSPS) is 20.0. The maximum Gasteiger partial charge on any atom is 0.312 e. The van der Waals surface area contributed by atoms with Crippen LogP contribution in [0.5, 0.6) is 5.75 Å². The summed E-state index contributed by atoms with van der Waals surface area (Å²) in [5.41, 5.74) is -0.373. The highest BCUT2D eigenvalue weighted by molar-refractivity contribution is 7.89. The molecule has 1 aromatic rings. The van der Waals surface area contributed by atoms with Crippen LogP contribution in [0.15, 0.2) is 23.1 Å². The average molecular weight is 343 g/mol. The lowest BCUT2D eigenvalue weighted by Gasteiger charge is -2.28. The van der Waals surface area contributed by atoms with Crippen LogP contribution in [0.4, 0.5) is 5.69 Å². The zero-order chi connectivity index (χ0) is 17.0. The van der Waals surface area contributed by atoms with Crippen LogP contribution in [0.2, 0.25) is 0 Å². The minimum absolute atomic E-state index is 0.0264. The SMILES string of the molecule is COc1ccc(S(=O)(=O)NC(C)C2CCCNC2)cc1[N+](=O)[O-]. The number of nitro groups is 1. The smallest absolute Gasteiger partial charge is 0.312 e. The summed E-state index contributed by atoms with van der Waals surface area (Å²) in [6.45, 7) is 3.51. The van der Waals surface area contributed by atoms with Gasteiger partial charge in [0.05, 0.1) is 16.9 Å². The number of nitrogens with one attached hydrogen (secondary N) is 2.